The third-order valence-corrected chi connectivity index (χ3v) is 2.53. The zero-order valence-corrected chi connectivity index (χ0v) is 11.3. The van der Waals surface area contributed by atoms with Crippen molar-refractivity contribution in [1.82, 2.24) is 30.6 Å². The Morgan fingerprint density at radius 2 is 2.21 bits per heavy atom. The average Bonchev–Trinajstić information content (AvgIpc) is 2.94. The van der Waals surface area contributed by atoms with Crippen molar-refractivity contribution < 1.29 is 9.32 Å². The Balaban J connectivity index is 2.30. The predicted molar refractivity (Wildman–Crippen MR) is 65.7 cm³/mol. The highest BCUT2D eigenvalue weighted by molar-refractivity contribution is 5.73. The first-order valence-corrected chi connectivity index (χ1v) is 5.84. The summed E-state index contributed by atoms with van der Waals surface area (Å²) in [7, 11) is 0. The van der Waals surface area contributed by atoms with Gasteiger partial charge in [0.1, 0.15) is 12.4 Å². The van der Waals surface area contributed by atoms with Crippen LogP contribution in [-0.4, -0.2) is 31.2 Å². The van der Waals surface area contributed by atoms with Crippen LogP contribution < -0.4 is 5.32 Å². The van der Waals surface area contributed by atoms with Gasteiger partial charge in [-0.05, 0) is 5.41 Å². The molecule has 19 heavy (non-hydrogen) atoms. The van der Waals surface area contributed by atoms with Crippen LogP contribution in [0.25, 0.3) is 11.6 Å². The Bertz CT molecular complexity index is 554. The van der Waals surface area contributed by atoms with E-state index in [0.29, 0.717) is 17.5 Å². The number of amides is 1. The van der Waals surface area contributed by atoms with Crippen LogP contribution in [0.2, 0.25) is 0 Å². The van der Waals surface area contributed by atoms with Gasteiger partial charge in [0.2, 0.25) is 17.6 Å². The monoisotopic (exact) mass is 264 g/mol. The average molecular weight is 264 g/mol. The number of hydrogen-bond donors (Lipinski definition) is 2. The standard InChI is InChI=1S/C11H16N6O2/c1-6(18)14-7(11(2,3)4)10-15-9(17-19-10)8-12-5-13-16-8/h5,7H,1-4H3,(H,14,18)(H,12,13,16). The normalized spacial score (nSPS) is 13.3. The van der Waals surface area contributed by atoms with Crippen molar-refractivity contribution in [1.29, 1.82) is 0 Å². The van der Waals surface area contributed by atoms with Crippen molar-refractivity contribution in [2.24, 2.45) is 5.41 Å². The SMILES string of the molecule is CC(=O)NC(c1nc(-c2ncn[nH]2)no1)C(C)(C)C. The Labute approximate surface area is 110 Å². The molecule has 0 aliphatic carbocycles. The molecule has 2 heterocycles. The molecule has 1 amide bonds. The number of rotatable bonds is 3. The Hall–Kier alpha value is -2.25. The Morgan fingerprint density at radius 3 is 2.74 bits per heavy atom. The summed E-state index contributed by atoms with van der Waals surface area (Å²) in [6.45, 7) is 7.39. The first-order chi connectivity index (χ1) is 8.88. The van der Waals surface area contributed by atoms with Crippen LogP contribution in [0.15, 0.2) is 10.9 Å². The van der Waals surface area contributed by atoms with E-state index in [0.717, 1.165) is 0 Å². The van der Waals surface area contributed by atoms with Gasteiger partial charge >= 0.3 is 0 Å². The summed E-state index contributed by atoms with van der Waals surface area (Å²) in [6, 6.07) is -0.367. The molecular weight excluding hydrogens is 248 g/mol. The molecule has 1 atom stereocenters. The van der Waals surface area contributed by atoms with Crippen LogP contribution in [0, 0.1) is 5.41 Å². The second-order valence-electron chi connectivity index (χ2n) is 5.29. The van der Waals surface area contributed by atoms with E-state index >= 15 is 0 Å². The maximum Gasteiger partial charge on any atom is 0.250 e. The molecule has 0 aliphatic rings. The maximum absolute atomic E-state index is 11.3. The van der Waals surface area contributed by atoms with Gasteiger partial charge in [-0.3, -0.25) is 9.89 Å². The third kappa shape index (κ3) is 2.95. The molecule has 8 nitrogen and oxygen atoms in total. The van der Waals surface area contributed by atoms with E-state index in [9.17, 15) is 4.79 Å². The van der Waals surface area contributed by atoms with Gasteiger partial charge in [0.25, 0.3) is 0 Å². The largest absolute Gasteiger partial charge is 0.344 e. The molecule has 0 saturated heterocycles. The lowest BCUT2D eigenvalue weighted by Gasteiger charge is -2.27. The molecular formula is C11H16N6O2. The summed E-state index contributed by atoms with van der Waals surface area (Å²) in [5.41, 5.74) is -0.253. The van der Waals surface area contributed by atoms with Crippen LogP contribution in [0.3, 0.4) is 0 Å². The van der Waals surface area contributed by atoms with Crippen molar-refractivity contribution >= 4 is 5.91 Å². The summed E-state index contributed by atoms with van der Waals surface area (Å²) < 4.78 is 5.21. The van der Waals surface area contributed by atoms with E-state index in [-0.39, 0.29) is 17.4 Å². The molecule has 2 N–H and O–H groups in total. The molecule has 102 valence electrons. The van der Waals surface area contributed by atoms with Gasteiger partial charge in [-0.1, -0.05) is 25.9 Å². The minimum absolute atomic E-state index is 0.153. The Morgan fingerprint density at radius 1 is 1.47 bits per heavy atom. The molecule has 8 heteroatoms. The van der Waals surface area contributed by atoms with Crippen LogP contribution in [0.1, 0.15) is 39.6 Å². The van der Waals surface area contributed by atoms with Crippen molar-refractivity contribution in [3.8, 4) is 11.6 Å². The molecule has 2 aromatic rings. The Kier molecular flexibility index (Phi) is 3.32. The van der Waals surface area contributed by atoms with Gasteiger partial charge in [0.15, 0.2) is 5.82 Å². The molecule has 2 aromatic heterocycles. The summed E-state index contributed by atoms with van der Waals surface area (Å²) in [6.07, 6.45) is 1.36. The van der Waals surface area contributed by atoms with Crippen molar-refractivity contribution in [3.63, 3.8) is 0 Å². The number of carbonyl (C=O) groups excluding carboxylic acids is 1. The highest BCUT2D eigenvalue weighted by atomic mass is 16.5. The summed E-state index contributed by atoms with van der Waals surface area (Å²) in [5.74, 6) is 0.922. The molecule has 0 saturated carbocycles. The van der Waals surface area contributed by atoms with Gasteiger partial charge in [-0.15, -0.1) is 0 Å². The summed E-state index contributed by atoms with van der Waals surface area (Å²) >= 11 is 0. The van der Waals surface area contributed by atoms with E-state index in [1.165, 1.54) is 13.3 Å². The molecule has 0 bridgehead atoms. The lowest BCUT2D eigenvalue weighted by molar-refractivity contribution is -0.120. The van der Waals surface area contributed by atoms with Crippen LogP contribution in [0.5, 0.6) is 0 Å². The number of H-pyrrole nitrogens is 1. The van der Waals surface area contributed by atoms with Gasteiger partial charge in [-0.25, -0.2) is 4.98 Å². The van der Waals surface area contributed by atoms with E-state index < -0.39 is 0 Å². The number of nitrogens with zero attached hydrogens (tertiary/aromatic N) is 4. The van der Waals surface area contributed by atoms with Crippen LogP contribution in [-0.2, 0) is 4.79 Å². The van der Waals surface area contributed by atoms with Crippen molar-refractivity contribution in [3.05, 3.63) is 12.2 Å². The van der Waals surface area contributed by atoms with Gasteiger partial charge in [0, 0.05) is 6.92 Å². The molecule has 0 aliphatic heterocycles. The lowest BCUT2D eigenvalue weighted by Crippen LogP contribution is -2.35. The molecule has 0 aromatic carbocycles. The minimum Gasteiger partial charge on any atom is -0.344 e. The fourth-order valence-electron chi connectivity index (χ4n) is 1.61. The van der Waals surface area contributed by atoms with E-state index in [1.54, 1.807) is 0 Å². The van der Waals surface area contributed by atoms with Crippen molar-refractivity contribution in [2.75, 3.05) is 0 Å². The molecule has 2 rings (SSSR count). The smallest absolute Gasteiger partial charge is 0.250 e. The van der Waals surface area contributed by atoms with E-state index in [1.807, 2.05) is 20.8 Å². The first kappa shape index (κ1) is 13.2. The van der Waals surface area contributed by atoms with E-state index in [2.05, 4.69) is 30.6 Å². The van der Waals surface area contributed by atoms with Gasteiger partial charge in [-0.2, -0.15) is 10.1 Å². The molecule has 1 unspecified atom stereocenters. The highest BCUT2D eigenvalue weighted by Crippen LogP contribution is 2.32. The second-order valence-corrected chi connectivity index (χ2v) is 5.29. The lowest BCUT2D eigenvalue weighted by atomic mass is 9.86. The van der Waals surface area contributed by atoms with Crippen LogP contribution in [0.4, 0.5) is 0 Å². The van der Waals surface area contributed by atoms with Gasteiger partial charge < -0.3 is 9.84 Å². The number of hydrogen-bond acceptors (Lipinski definition) is 6. The first-order valence-electron chi connectivity index (χ1n) is 5.84. The number of carbonyl (C=O) groups is 1. The van der Waals surface area contributed by atoms with Crippen LogP contribution >= 0.6 is 0 Å². The fraction of sp³-hybridized carbons (Fsp3) is 0.545. The van der Waals surface area contributed by atoms with E-state index in [4.69, 9.17) is 4.52 Å². The molecule has 0 radical (unpaired) electrons. The zero-order chi connectivity index (χ0) is 14.0. The third-order valence-electron chi connectivity index (χ3n) is 2.53. The highest BCUT2D eigenvalue weighted by Gasteiger charge is 2.32. The number of aromatic nitrogens is 5. The van der Waals surface area contributed by atoms with Gasteiger partial charge in [0.05, 0.1) is 0 Å². The fourth-order valence-corrected chi connectivity index (χ4v) is 1.61. The quantitative estimate of drug-likeness (QED) is 0.858. The van der Waals surface area contributed by atoms with Crippen molar-refractivity contribution in [2.45, 2.75) is 33.7 Å². The maximum atomic E-state index is 11.3. The molecule has 0 fully saturated rings. The minimum atomic E-state index is -0.367. The zero-order valence-electron chi connectivity index (χ0n) is 11.3. The number of aromatic amines is 1. The second kappa shape index (κ2) is 4.79. The summed E-state index contributed by atoms with van der Waals surface area (Å²) in [5, 5.41) is 13.0. The predicted octanol–water partition coefficient (Wildman–Crippen LogP) is 1.08. The number of nitrogens with one attached hydrogen (secondary N) is 2. The summed E-state index contributed by atoms with van der Waals surface area (Å²) in [4.78, 5) is 19.5. The molecule has 0 spiro atoms. The topological polar surface area (TPSA) is 110 Å².